The van der Waals surface area contributed by atoms with Crippen LogP contribution in [0, 0.1) is 5.41 Å². The van der Waals surface area contributed by atoms with Crippen LogP contribution in [0.25, 0.3) is 0 Å². The fourth-order valence-corrected chi connectivity index (χ4v) is 3.27. The minimum Gasteiger partial charge on any atom is -0.395 e. The number of methoxy groups -OCH3 is 1. The molecule has 0 aromatic rings. The minimum atomic E-state index is 0.246. The maximum atomic E-state index is 9.22. The molecule has 2 aliphatic carbocycles. The van der Waals surface area contributed by atoms with Gasteiger partial charge < -0.3 is 15.2 Å². The molecule has 0 aromatic heterocycles. The van der Waals surface area contributed by atoms with Gasteiger partial charge in [0.1, 0.15) is 0 Å². The van der Waals surface area contributed by atoms with Crippen molar-refractivity contribution in [1.82, 2.24) is 10.2 Å². The predicted molar refractivity (Wildman–Crippen MR) is 77.3 cm³/mol. The van der Waals surface area contributed by atoms with Crippen LogP contribution in [0.4, 0.5) is 0 Å². The van der Waals surface area contributed by atoms with Crippen molar-refractivity contribution in [3.05, 3.63) is 0 Å². The van der Waals surface area contributed by atoms with E-state index in [1.807, 2.05) is 0 Å². The number of hydrogen-bond acceptors (Lipinski definition) is 4. The lowest BCUT2D eigenvalue weighted by Gasteiger charge is -2.35. The van der Waals surface area contributed by atoms with E-state index in [1.165, 1.54) is 38.5 Å². The van der Waals surface area contributed by atoms with Gasteiger partial charge in [0, 0.05) is 39.3 Å². The Balaban J connectivity index is 1.84. The van der Waals surface area contributed by atoms with Gasteiger partial charge >= 0.3 is 0 Å². The van der Waals surface area contributed by atoms with E-state index < -0.39 is 0 Å². The molecule has 2 rings (SSSR count). The van der Waals surface area contributed by atoms with Crippen LogP contribution in [0.15, 0.2) is 0 Å². The molecule has 0 aliphatic heterocycles. The molecule has 0 radical (unpaired) electrons. The Morgan fingerprint density at radius 3 is 2.58 bits per heavy atom. The zero-order chi connectivity index (χ0) is 13.6. The van der Waals surface area contributed by atoms with Crippen LogP contribution in [0.5, 0.6) is 0 Å². The molecule has 2 aliphatic rings. The molecule has 0 unspecified atom stereocenters. The monoisotopic (exact) mass is 270 g/mol. The molecule has 0 heterocycles. The van der Waals surface area contributed by atoms with E-state index >= 15 is 0 Å². The Morgan fingerprint density at radius 2 is 2.00 bits per heavy atom. The smallest absolute Gasteiger partial charge is 0.0589 e. The number of ether oxygens (including phenoxy) is 1. The second-order valence-corrected chi connectivity index (χ2v) is 6.35. The molecular weight excluding hydrogens is 240 g/mol. The molecule has 2 N–H and O–H groups in total. The van der Waals surface area contributed by atoms with E-state index in [9.17, 15) is 5.11 Å². The molecule has 0 atom stereocenters. The Kier molecular flexibility index (Phi) is 6.07. The van der Waals surface area contributed by atoms with E-state index in [0.29, 0.717) is 5.41 Å². The summed E-state index contributed by atoms with van der Waals surface area (Å²) < 4.78 is 5.19. The molecule has 2 saturated carbocycles. The van der Waals surface area contributed by atoms with Gasteiger partial charge in [-0.15, -0.1) is 0 Å². The normalized spacial score (nSPS) is 22.3. The van der Waals surface area contributed by atoms with Gasteiger partial charge in [-0.05, 0) is 31.1 Å². The maximum absolute atomic E-state index is 9.22. The van der Waals surface area contributed by atoms with Gasteiger partial charge in [-0.1, -0.05) is 12.8 Å². The summed E-state index contributed by atoms with van der Waals surface area (Å²) in [6, 6.07) is 0.794. The van der Waals surface area contributed by atoms with Gasteiger partial charge in [0.2, 0.25) is 0 Å². The quantitative estimate of drug-likeness (QED) is 0.627. The highest BCUT2D eigenvalue weighted by Crippen LogP contribution is 2.39. The van der Waals surface area contributed by atoms with E-state index in [4.69, 9.17) is 4.74 Å². The molecule has 4 nitrogen and oxygen atoms in total. The van der Waals surface area contributed by atoms with Crippen LogP contribution in [0.3, 0.4) is 0 Å². The van der Waals surface area contributed by atoms with E-state index in [2.05, 4.69) is 10.2 Å². The molecule has 0 saturated heterocycles. The predicted octanol–water partition coefficient (Wildman–Crippen LogP) is 1.24. The van der Waals surface area contributed by atoms with Crippen LogP contribution in [0.1, 0.15) is 38.5 Å². The standard InChI is InChI=1S/C15H30N2O2/c1-19-11-9-17(8-10-18)13-15(6-2-3-7-15)12-16-14-4-5-14/h14,16,18H,2-13H2,1H3. The Labute approximate surface area is 117 Å². The average molecular weight is 270 g/mol. The zero-order valence-corrected chi connectivity index (χ0v) is 12.4. The first-order valence-electron chi connectivity index (χ1n) is 7.83. The lowest BCUT2D eigenvalue weighted by Crippen LogP contribution is -2.45. The second kappa shape index (κ2) is 7.58. The van der Waals surface area contributed by atoms with Crippen LogP contribution >= 0.6 is 0 Å². The highest BCUT2D eigenvalue weighted by atomic mass is 16.5. The summed E-state index contributed by atoms with van der Waals surface area (Å²) in [4.78, 5) is 2.38. The third-order valence-corrected chi connectivity index (χ3v) is 4.59. The van der Waals surface area contributed by atoms with Crippen molar-refractivity contribution in [2.24, 2.45) is 5.41 Å². The van der Waals surface area contributed by atoms with Gasteiger partial charge in [-0.2, -0.15) is 0 Å². The molecule has 0 amide bonds. The van der Waals surface area contributed by atoms with Crippen molar-refractivity contribution in [3.63, 3.8) is 0 Å². The lowest BCUT2D eigenvalue weighted by molar-refractivity contribution is 0.0903. The first kappa shape index (κ1) is 15.2. The molecule has 2 fully saturated rings. The van der Waals surface area contributed by atoms with Gasteiger partial charge in [0.05, 0.1) is 13.2 Å². The summed E-state index contributed by atoms with van der Waals surface area (Å²) in [7, 11) is 1.75. The Bertz CT molecular complexity index is 251. The number of nitrogens with zero attached hydrogens (tertiary/aromatic N) is 1. The number of aliphatic hydroxyl groups excluding tert-OH is 1. The largest absolute Gasteiger partial charge is 0.395 e. The van der Waals surface area contributed by atoms with Crippen molar-refractivity contribution in [3.8, 4) is 0 Å². The van der Waals surface area contributed by atoms with Crippen molar-refractivity contribution in [2.75, 3.05) is 46.5 Å². The zero-order valence-electron chi connectivity index (χ0n) is 12.4. The third kappa shape index (κ3) is 5.03. The van der Waals surface area contributed by atoms with Crippen LogP contribution in [0.2, 0.25) is 0 Å². The first-order chi connectivity index (χ1) is 9.28. The van der Waals surface area contributed by atoms with Crippen molar-refractivity contribution >= 4 is 0 Å². The molecular formula is C15H30N2O2. The summed E-state index contributed by atoms with van der Waals surface area (Å²) >= 11 is 0. The summed E-state index contributed by atoms with van der Waals surface area (Å²) in [5, 5.41) is 12.9. The fraction of sp³-hybridized carbons (Fsp3) is 1.00. The van der Waals surface area contributed by atoms with Crippen molar-refractivity contribution in [1.29, 1.82) is 0 Å². The number of rotatable bonds is 10. The molecule has 112 valence electrons. The summed E-state index contributed by atoms with van der Waals surface area (Å²) in [5.74, 6) is 0. The van der Waals surface area contributed by atoms with E-state index in [0.717, 1.165) is 38.8 Å². The number of hydrogen-bond donors (Lipinski definition) is 2. The SMILES string of the molecule is COCCN(CCO)CC1(CNC2CC2)CCCC1. The van der Waals surface area contributed by atoms with Crippen LogP contribution < -0.4 is 5.32 Å². The second-order valence-electron chi connectivity index (χ2n) is 6.35. The molecule has 19 heavy (non-hydrogen) atoms. The van der Waals surface area contributed by atoms with Crippen LogP contribution in [-0.2, 0) is 4.74 Å². The molecule has 4 heteroatoms. The van der Waals surface area contributed by atoms with Gasteiger partial charge in [-0.3, -0.25) is 4.90 Å². The lowest BCUT2D eigenvalue weighted by atomic mass is 9.85. The molecule has 0 spiro atoms. The summed E-state index contributed by atoms with van der Waals surface area (Å²) in [6.07, 6.45) is 8.12. The third-order valence-electron chi connectivity index (χ3n) is 4.59. The van der Waals surface area contributed by atoms with Crippen molar-refractivity contribution < 1.29 is 9.84 Å². The van der Waals surface area contributed by atoms with E-state index in [1.54, 1.807) is 7.11 Å². The average Bonchev–Trinajstić information content (AvgIpc) is 3.14. The van der Waals surface area contributed by atoms with Gasteiger partial charge in [0.15, 0.2) is 0 Å². The fourth-order valence-electron chi connectivity index (χ4n) is 3.27. The molecule has 0 bridgehead atoms. The van der Waals surface area contributed by atoms with Gasteiger partial charge in [0.25, 0.3) is 0 Å². The van der Waals surface area contributed by atoms with Crippen molar-refractivity contribution in [2.45, 2.75) is 44.6 Å². The van der Waals surface area contributed by atoms with Gasteiger partial charge in [-0.25, -0.2) is 0 Å². The Morgan fingerprint density at radius 1 is 1.26 bits per heavy atom. The van der Waals surface area contributed by atoms with E-state index in [-0.39, 0.29) is 6.61 Å². The molecule has 0 aromatic carbocycles. The Hall–Kier alpha value is -0.160. The highest BCUT2D eigenvalue weighted by Gasteiger charge is 2.36. The number of aliphatic hydroxyl groups is 1. The highest BCUT2D eigenvalue weighted by molar-refractivity contribution is 4.92. The van der Waals surface area contributed by atoms with Crippen LogP contribution in [-0.4, -0.2) is 62.6 Å². The summed E-state index contributed by atoms with van der Waals surface area (Å²) in [5.41, 5.74) is 0.436. The topological polar surface area (TPSA) is 44.7 Å². The maximum Gasteiger partial charge on any atom is 0.0589 e. The number of nitrogens with one attached hydrogen (secondary N) is 1. The first-order valence-corrected chi connectivity index (χ1v) is 7.83. The minimum absolute atomic E-state index is 0.246. The summed E-state index contributed by atoms with van der Waals surface area (Å²) in [6.45, 7) is 4.97.